The van der Waals surface area contributed by atoms with Gasteiger partial charge in [-0.1, -0.05) is 0 Å². The van der Waals surface area contributed by atoms with E-state index in [9.17, 15) is 0 Å². The lowest BCUT2D eigenvalue weighted by molar-refractivity contribution is 0.415. The van der Waals surface area contributed by atoms with Crippen LogP contribution in [0.25, 0.3) is 5.65 Å². The van der Waals surface area contributed by atoms with E-state index in [1.165, 1.54) is 0 Å². The Balaban J connectivity index is 2.16. The molecule has 5 heteroatoms. The average Bonchev–Trinajstić information content (AvgIpc) is 2.59. The Hall–Kier alpha value is -1.62. The second-order valence-electron chi connectivity index (χ2n) is 3.68. The van der Waals surface area contributed by atoms with Crippen molar-refractivity contribution in [3.05, 3.63) is 24.2 Å². The van der Waals surface area contributed by atoms with Gasteiger partial charge in [-0.25, -0.2) is 0 Å². The van der Waals surface area contributed by atoms with Crippen LogP contribution in [0.1, 0.15) is 11.7 Å². The van der Waals surface area contributed by atoms with Gasteiger partial charge >= 0.3 is 0 Å². The zero-order valence-corrected chi connectivity index (χ0v) is 8.47. The molecule has 0 bridgehead atoms. The fourth-order valence-electron chi connectivity index (χ4n) is 1.82. The van der Waals surface area contributed by atoms with Crippen molar-refractivity contribution < 1.29 is 4.74 Å². The molecule has 1 aliphatic heterocycles. The summed E-state index contributed by atoms with van der Waals surface area (Å²) in [5.74, 6) is 2.26. The van der Waals surface area contributed by atoms with Gasteiger partial charge in [0.15, 0.2) is 5.75 Å². The normalized spacial score (nSPS) is 16.6. The highest BCUT2D eigenvalue weighted by molar-refractivity contribution is 5.53. The van der Waals surface area contributed by atoms with Gasteiger partial charge in [-0.3, -0.25) is 4.40 Å². The van der Waals surface area contributed by atoms with E-state index in [1.54, 1.807) is 7.11 Å². The molecule has 15 heavy (non-hydrogen) atoms. The number of fused-ring (bicyclic) bond motifs is 1. The fraction of sp³-hybridized carbons (Fsp3) is 0.400. The number of rotatable bonds is 2. The topological polar surface area (TPSA) is 51.5 Å². The number of aromatic nitrogens is 3. The van der Waals surface area contributed by atoms with Gasteiger partial charge in [0.05, 0.1) is 7.11 Å². The Morgan fingerprint density at radius 2 is 2.33 bits per heavy atom. The van der Waals surface area contributed by atoms with Gasteiger partial charge in [0, 0.05) is 25.2 Å². The molecule has 1 saturated heterocycles. The molecule has 1 N–H and O–H groups in total. The molecule has 3 rings (SSSR count). The van der Waals surface area contributed by atoms with Crippen LogP contribution in [-0.4, -0.2) is 34.8 Å². The van der Waals surface area contributed by atoms with Crippen LogP contribution in [0.15, 0.2) is 18.3 Å². The summed E-state index contributed by atoms with van der Waals surface area (Å²) < 4.78 is 7.24. The summed E-state index contributed by atoms with van der Waals surface area (Å²) in [5.41, 5.74) is 0.793. The third-order valence-corrected chi connectivity index (χ3v) is 2.79. The van der Waals surface area contributed by atoms with Crippen molar-refractivity contribution in [3.8, 4) is 5.75 Å². The third-order valence-electron chi connectivity index (χ3n) is 2.79. The van der Waals surface area contributed by atoms with Crippen LogP contribution in [0.5, 0.6) is 5.75 Å². The van der Waals surface area contributed by atoms with Crippen LogP contribution in [-0.2, 0) is 0 Å². The van der Waals surface area contributed by atoms with Gasteiger partial charge in [-0.05, 0) is 12.1 Å². The van der Waals surface area contributed by atoms with Crippen molar-refractivity contribution in [2.24, 2.45) is 0 Å². The van der Waals surface area contributed by atoms with Crippen molar-refractivity contribution >= 4 is 5.65 Å². The Labute approximate surface area is 87.1 Å². The molecule has 0 aromatic carbocycles. The Morgan fingerprint density at radius 1 is 1.47 bits per heavy atom. The standard InChI is InChI=1S/C10H12N4O/c1-15-8-3-2-4-14-9(7-5-11-6-7)12-13-10(8)14/h2-4,7,11H,5-6H2,1H3. The maximum atomic E-state index is 5.23. The van der Waals surface area contributed by atoms with Crippen LogP contribution in [0.3, 0.4) is 0 Å². The van der Waals surface area contributed by atoms with E-state index >= 15 is 0 Å². The highest BCUT2D eigenvalue weighted by Crippen LogP contribution is 2.23. The van der Waals surface area contributed by atoms with Gasteiger partial charge in [-0.2, -0.15) is 0 Å². The van der Waals surface area contributed by atoms with Crippen molar-refractivity contribution in [1.82, 2.24) is 19.9 Å². The molecule has 0 atom stereocenters. The first-order chi connectivity index (χ1) is 7.40. The molecule has 0 radical (unpaired) electrons. The third kappa shape index (κ3) is 1.20. The lowest BCUT2D eigenvalue weighted by atomic mass is 10.0. The minimum atomic E-state index is 0.479. The molecule has 5 nitrogen and oxygen atoms in total. The summed E-state index contributed by atoms with van der Waals surface area (Å²) in [6.07, 6.45) is 1.98. The maximum Gasteiger partial charge on any atom is 0.203 e. The number of nitrogens with one attached hydrogen (secondary N) is 1. The molecule has 2 aromatic rings. The van der Waals surface area contributed by atoms with Crippen LogP contribution in [0.4, 0.5) is 0 Å². The Kier molecular flexibility index (Phi) is 1.85. The van der Waals surface area contributed by atoms with Crippen molar-refractivity contribution in [1.29, 1.82) is 0 Å². The number of ether oxygens (including phenoxy) is 1. The van der Waals surface area contributed by atoms with Gasteiger partial charge < -0.3 is 10.1 Å². The zero-order chi connectivity index (χ0) is 10.3. The molecule has 1 aliphatic rings. The molecular formula is C10H12N4O. The van der Waals surface area contributed by atoms with Gasteiger partial charge in [0.1, 0.15) is 5.82 Å². The number of hydrogen-bond acceptors (Lipinski definition) is 4. The number of methoxy groups -OCH3 is 1. The zero-order valence-electron chi connectivity index (χ0n) is 8.47. The van der Waals surface area contributed by atoms with Crippen molar-refractivity contribution in [2.45, 2.75) is 5.92 Å². The summed E-state index contributed by atoms with van der Waals surface area (Å²) in [6, 6.07) is 3.84. The monoisotopic (exact) mass is 204 g/mol. The highest BCUT2D eigenvalue weighted by Gasteiger charge is 2.24. The van der Waals surface area contributed by atoms with E-state index in [0.717, 1.165) is 30.3 Å². The highest BCUT2D eigenvalue weighted by atomic mass is 16.5. The molecule has 0 saturated carbocycles. The molecule has 0 amide bonds. The molecule has 3 heterocycles. The fourth-order valence-corrected chi connectivity index (χ4v) is 1.82. The molecule has 0 spiro atoms. The molecule has 2 aromatic heterocycles. The molecule has 0 unspecified atom stereocenters. The lowest BCUT2D eigenvalue weighted by Crippen LogP contribution is -2.40. The lowest BCUT2D eigenvalue weighted by Gasteiger charge is -2.25. The summed E-state index contributed by atoms with van der Waals surface area (Å²) >= 11 is 0. The summed E-state index contributed by atoms with van der Waals surface area (Å²) in [7, 11) is 1.65. The summed E-state index contributed by atoms with van der Waals surface area (Å²) in [5, 5.41) is 11.6. The van der Waals surface area contributed by atoms with E-state index in [0.29, 0.717) is 5.92 Å². The summed E-state index contributed by atoms with van der Waals surface area (Å²) in [6.45, 7) is 1.97. The van der Waals surface area contributed by atoms with Gasteiger partial charge in [0.25, 0.3) is 0 Å². The van der Waals surface area contributed by atoms with E-state index in [2.05, 4.69) is 15.5 Å². The van der Waals surface area contributed by atoms with E-state index in [1.807, 2.05) is 22.7 Å². The quantitative estimate of drug-likeness (QED) is 0.770. The Morgan fingerprint density at radius 3 is 3.00 bits per heavy atom. The number of nitrogens with zero attached hydrogens (tertiary/aromatic N) is 3. The van der Waals surface area contributed by atoms with Crippen molar-refractivity contribution in [2.75, 3.05) is 20.2 Å². The molecule has 0 aliphatic carbocycles. The predicted molar refractivity (Wildman–Crippen MR) is 55.1 cm³/mol. The SMILES string of the molecule is COc1cccn2c(C3CNC3)nnc12. The van der Waals surface area contributed by atoms with Crippen LogP contribution in [0.2, 0.25) is 0 Å². The van der Waals surface area contributed by atoms with Gasteiger partial charge in [-0.15, -0.1) is 10.2 Å². The van der Waals surface area contributed by atoms with Gasteiger partial charge in [0.2, 0.25) is 5.65 Å². The van der Waals surface area contributed by atoms with E-state index < -0.39 is 0 Å². The Bertz CT molecular complexity index is 489. The van der Waals surface area contributed by atoms with Crippen LogP contribution >= 0.6 is 0 Å². The number of hydrogen-bond donors (Lipinski definition) is 1. The van der Waals surface area contributed by atoms with Crippen LogP contribution < -0.4 is 10.1 Å². The molecule has 1 fully saturated rings. The summed E-state index contributed by atoms with van der Waals surface area (Å²) in [4.78, 5) is 0. The maximum absolute atomic E-state index is 5.23. The van der Waals surface area contributed by atoms with Crippen molar-refractivity contribution in [3.63, 3.8) is 0 Å². The molecular weight excluding hydrogens is 192 g/mol. The minimum Gasteiger partial charge on any atom is -0.493 e. The van der Waals surface area contributed by atoms with Crippen LogP contribution in [0, 0.1) is 0 Å². The van der Waals surface area contributed by atoms with E-state index in [-0.39, 0.29) is 0 Å². The van der Waals surface area contributed by atoms with E-state index in [4.69, 9.17) is 4.74 Å². The largest absolute Gasteiger partial charge is 0.493 e. The minimum absolute atomic E-state index is 0.479. The second-order valence-corrected chi connectivity index (χ2v) is 3.68. The molecule has 78 valence electrons. The number of pyridine rings is 1. The first-order valence-corrected chi connectivity index (χ1v) is 4.98. The first kappa shape index (κ1) is 8.67. The predicted octanol–water partition coefficient (Wildman–Crippen LogP) is 0.425. The smallest absolute Gasteiger partial charge is 0.203 e. The average molecular weight is 204 g/mol. The first-order valence-electron chi connectivity index (χ1n) is 4.98. The second kappa shape index (κ2) is 3.20.